The van der Waals surface area contributed by atoms with Crippen LogP contribution in [0.1, 0.15) is 5.69 Å². The van der Waals surface area contributed by atoms with E-state index >= 15 is 0 Å². The molecule has 0 aromatic carbocycles. The lowest BCUT2D eigenvalue weighted by atomic mass is 10.2. The molecule has 0 bridgehead atoms. The summed E-state index contributed by atoms with van der Waals surface area (Å²) < 4.78 is 12.3. The number of amides is 2. The minimum Gasteiger partial charge on any atom is -0.476 e. The van der Waals surface area contributed by atoms with Gasteiger partial charge in [0.25, 0.3) is 11.8 Å². The highest BCUT2D eigenvalue weighted by Crippen LogP contribution is 2.29. The van der Waals surface area contributed by atoms with Gasteiger partial charge in [0.2, 0.25) is 0 Å². The highest BCUT2D eigenvalue weighted by molar-refractivity contribution is 7.13. The van der Waals surface area contributed by atoms with Crippen LogP contribution in [0.15, 0.2) is 21.8 Å². The molecule has 152 valence electrons. The Hall–Kier alpha value is -3.57. The minimum atomic E-state index is -1.43. The van der Waals surface area contributed by atoms with Crippen molar-refractivity contribution in [3.63, 3.8) is 0 Å². The van der Waals surface area contributed by atoms with Crippen LogP contribution >= 0.6 is 11.3 Å². The van der Waals surface area contributed by atoms with E-state index in [0.29, 0.717) is 0 Å². The van der Waals surface area contributed by atoms with Gasteiger partial charge >= 0.3 is 5.97 Å². The summed E-state index contributed by atoms with van der Waals surface area (Å²) >= 11 is 1.04. The molecular formula is C15H14FN7O5S. The van der Waals surface area contributed by atoms with Crippen LogP contribution in [-0.4, -0.2) is 76.0 Å². The molecule has 29 heavy (non-hydrogen) atoms. The van der Waals surface area contributed by atoms with Gasteiger partial charge in [-0.25, -0.2) is 24.2 Å². The van der Waals surface area contributed by atoms with Crippen LogP contribution in [0.5, 0.6) is 0 Å². The maximum atomic E-state index is 12.6. The van der Waals surface area contributed by atoms with Crippen LogP contribution in [0, 0.1) is 11.3 Å². The molecule has 12 nitrogen and oxygen atoms in total. The Morgan fingerprint density at radius 2 is 2.34 bits per heavy atom. The summed E-state index contributed by atoms with van der Waals surface area (Å²) in [5, 5.41) is 28.2. The number of alkyl halides is 1. The normalized spacial score (nSPS) is 19.3. The molecule has 3 rings (SSSR count). The number of nitrogen functional groups attached to an aromatic ring is 1. The Bertz CT molecular complexity index is 969. The van der Waals surface area contributed by atoms with Gasteiger partial charge in [-0.05, 0) is 0 Å². The number of hydrazine groups is 1. The topological polar surface area (TPSA) is 174 Å². The monoisotopic (exact) mass is 423 g/mol. The molecule has 3 heterocycles. The number of nitriles is 1. The van der Waals surface area contributed by atoms with Crippen LogP contribution < -0.4 is 11.1 Å². The van der Waals surface area contributed by atoms with Crippen molar-refractivity contribution < 1.29 is 28.7 Å². The quantitative estimate of drug-likeness (QED) is 0.277. The highest BCUT2D eigenvalue weighted by Gasteiger charge is 2.48. The minimum absolute atomic E-state index is 0.0512. The summed E-state index contributed by atoms with van der Waals surface area (Å²) in [7, 11) is 0. The van der Waals surface area contributed by atoms with Crippen molar-refractivity contribution in [2.45, 2.75) is 6.04 Å². The van der Waals surface area contributed by atoms with E-state index in [1.807, 2.05) is 0 Å². The van der Waals surface area contributed by atoms with Crippen molar-refractivity contribution in [1.82, 2.24) is 20.3 Å². The van der Waals surface area contributed by atoms with Gasteiger partial charge < -0.3 is 21.0 Å². The van der Waals surface area contributed by atoms with E-state index in [9.17, 15) is 23.9 Å². The number of aliphatic carboxylic acids is 1. The molecule has 1 saturated heterocycles. The summed E-state index contributed by atoms with van der Waals surface area (Å²) in [6.45, 7) is -1.33. The predicted octanol–water partition coefficient (Wildman–Crippen LogP) is -1.16. The number of oxime groups is 1. The fourth-order valence-corrected chi connectivity index (χ4v) is 3.36. The maximum Gasteiger partial charge on any atom is 0.355 e. The molecule has 14 heteroatoms. The zero-order valence-corrected chi connectivity index (χ0v) is 15.5. The Balaban J connectivity index is 1.79. The first-order valence-electron chi connectivity index (χ1n) is 8.10. The van der Waals surface area contributed by atoms with Crippen molar-refractivity contribution in [2.24, 2.45) is 5.16 Å². The summed E-state index contributed by atoms with van der Waals surface area (Å²) in [5.74, 6) is -2.98. The largest absolute Gasteiger partial charge is 0.476 e. The van der Waals surface area contributed by atoms with Crippen molar-refractivity contribution in [3.05, 3.63) is 22.3 Å². The number of nitrogens with zero attached hydrogens (tertiary/aromatic N) is 5. The van der Waals surface area contributed by atoms with Crippen molar-refractivity contribution in [3.8, 4) is 6.07 Å². The first-order chi connectivity index (χ1) is 13.9. The molecule has 0 aliphatic carbocycles. The average molecular weight is 423 g/mol. The van der Waals surface area contributed by atoms with E-state index in [-0.39, 0.29) is 41.8 Å². The number of carboxylic acid groups (broad SMARTS) is 1. The number of aromatic nitrogens is 1. The van der Waals surface area contributed by atoms with E-state index in [4.69, 9.17) is 15.8 Å². The van der Waals surface area contributed by atoms with E-state index in [0.717, 1.165) is 16.3 Å². The van der Waals surface area contributed by atoms with Gasteiger partial charge in [0.1, 0.15) is 25.0 Å². The third-order valence-electron chi connectivity index (χ3n) is 3.97. The molecular weight excluding hydrogens is 409 g/mol. The van der Waals surface area contributed by atoms with E-state index < -0.39 is 36.2 Å². The smallest absolute Gasteiger partial charge is 0.355 e. The number of hydrogen-bond acceptors (Lipinski definition) is 10. The standard InChI is InChI=1S/C15H14FN7O5S/c16-1-2-28-21-10(9-6-29-15(18)20-9)12(24)19-8-5-22-4-7(3-17)11(14(26)27)23(22)13(8)25/h6,8H,1-2,4-5H2,(H2,18,20)(H,19,24)(H,26,27)/b21-10+/t8-/m0/s1. The van der Waals surface area contributed by atoms with Crippen LogP contribution in [0.4, 0.5) is 9.52 Å². The number of carbonyl (C=O) groups is 3. The number of thiazole rings is 1. The first kappa shape index (κ1) is 20.2. The van der Waals surface area contributed by atoms with Crippen molar-refractivity contribution in [2.75, 3.05) is 32.1 Å². The number of halogens is 1. The van der Waals surface area contributed by atoms with Crippen LogP contribution in [0.2, 0.25) is 0 Å². The molecule has 1 aromatic heterocycles. The summed E-state index contributed by atoms with van der Waals surface area (Å²) in [6, 6.07) is 0.664. The van der Waals surface area contributed by atoms with E-state index in [2.05, 4.69) is 15.5 Å². The van der Waals surface area contributed by atoms with Crippen LogP contribution in [0.3, 0.4) is 0 Å². The third-order valence-corrected chi connectivity index (χ3v) is 4.64. The van der Waals surface area contributed by atoms with Gasteiger partial charge in [-0.2, -0.15) is 5.26 Å². The van der Waals surface area contributed by atoms with E-state index in [1.165, 1.54) is 10.4 Å². The molecule has 1 fully saturated rings. The van der Waals surface area contributed by atoms with Crippen LogP contribution in [-0.2, 0) is 19.2 Å². The number of nitrogens with two attached hydrogens (primary N) is 1. The molecule has 4 N–H and O–H groups in total. The Kier molecular flexibility index (Phi) is 5.71. The lowest BCUT2D eigenvalue weighted by Crippen LogP contribution is -2.46. The lowest BCUT2D eigenvalue weighted by molar-refractivity contribution is -0.143. The van der Waals surface area contributed by atoms with Crippen molar-refractivity contribution in [1.29, 1.82) is 5.26 Å². The van der Waals surface area contributed by atoms with Crippen LogP contribution in [0.25, 0.3) is 0 Å². The van der Waals surface area contributed by atoms with Gasteiger partial charge in [-0.15, -0.1) is 11.3 Å². The number of rotatable bonds is 7. The molecule has 0 radical (unpaired) electrons. The van der Waals surface area contributed by atoms with E-state index in [1.54, 1.807) is 6.07 Å². The Labute approximate surface area is 166 Å². The highest BCUT2D eigenvalue weighted by atomic mass is 32.1. The van der Waals surface area contributed by atoms with Gasteiger partial charge in [0.05, 0.1) is 18.2 Å². The lowest BCUT2D eigenvalue weighted by Gasteiger charge is -2.18. The number of anilines is 1. The number of nitrogens with one attached hydrogen (secondary N) is 1. The second-order valence-corrected chi connectivity index (χ2v) is 6.69. The molecule has 0 spiro atoms. The zero-order chi connectivity index (χ0) is 21.1. The molecule has 1 atom stereocenters. The predicted molar refractivity (Wildman–Crippen MR) is 95.6 cm³/mol. The molecule has 2 amide bonds. The molecule has 0 unspecified atom stereocenters. The SMILES string of the molecule is N#CC1=C(C(=O)O)N2C(=O)[C@@H](NC(=O)/C(=N/OCCF)c3csc(N)n3)CN2C1. The Morgan fingerprint density at radius 3 is 2.93 bits per heavy atom. The fraction of sp³-hybridized carbons (Fsp3) is 0.333. The number of carbonyl (C=O) groups excluding carboxylic acids is 2. The average Bonchev–Trinajstić information content (AvgIpc) is 3.34. The number of hydrogen-bond donors (Lipinski definition) is 3. The van der Waals surface area contributed by atoms with Gasteiger partial charge in [0.15, 0.2) is 16.5 Å². The second kappa shape index (κ2) is 8.20. The second-order valence-electron chi connectivity index (χ2n) is 5.80. The summed E-state index contributed by atoms with van der Waals surface area (Å²) in [6.07, 6.45) is 0. The Morgan fingerprint density at radius 1 is 1.59 bits per heavy atom. The maximum absolute atomic E-state index is 12.6. The molecule has 1 aromatic rings. The molecule has 0 saturated carbocycles. The summed E-state index contributed by atoms with van der Waals surface area (Å²) in [5.41, 5.74) is 4.82. The summed E-state index contributed by atoms with van der Waals surface area (Å²) in [4.78, 5) is 45.3. The number of fused-ring (bicyclic) bond motifs is 1. The molecule has 2 aliphatic heterocycles. The molecule has 2 aliphatic rings. The number of carboxylic acids is 1. The van der Waals surface area contributed by atoms with Gasteiger partial charge in [-0.3, -0.25) is 9.59 Å². The third kappa shape index (κ3) is 3.86. The van der Waals surface area contributed by atoms with Gasteiger partial charge in [0, 0.05) is 11.9 Å². The zero-order valence-electron chi connectivity index (χ0n) is 14.7. The first-order valence-corrected chi connectivity index (χ1v) is 8.98. The fourth-order valence-electron chi connectivity index (χ4n) is 2.82. The van der Waals surface area contributed by atoms with Crippen molar-refractivity contribution >= 4 is 40.0 Å². The van der Waals surface area contributed by atoms with Gasteiger partial charge in [-0.1, -0.05) is 5.16 Å².